The maximum atomic E-state index is 11.4. The molecule has 16 heavy (non-hydrogen) atoms. The van der Waals surface area contributed by atoms with Crippen molar-refractivity contribution in [2.45, 2.75) is 12.3 Å². The zero-order chi connectivity index (χ0) is 11.7. The average Bonchev–Trinajstić information content (AvgIpc) is 2.71. The first-order chi connectivity index (χ1) is 7.58. The van der Waals surface area contributed by atoms with Crippen LogP contribution in [0.4, 0.5) is 0 Å². The molecule has 0 saturated carbocycles. The van der Waals surface area contributed by atoms with Gasteiger partial charge in [0.15, 0.2) is 0 Å². The number of alkyl halides is 1. The average molecular weight is 240 g/mol. The maximum Gasteiger partial charge on any atom is 0.251 e. The number of halogens is 1. The Labute approximate surface area is 96.7 Å². The van der Waals surface area contributed by atoms with Gasteiger partial charge < -0.3 is 8.98 Å². The molecule has 0 amide bonds. The third kappa shape index (κ3) is 1.99. The SMILES string of the molecule is CC(Cl)c1nnc(-c2ccn(C)c(=O)c2)o1. The molecule has 0 aliphatic rings. The van der Waals surface area contributed by atoms with E-state index in [-0.39, 0.29) is 10.9 Å². The summed E-state index contributed by atoms with van der Waals surface area (Å²) >= 11 is 5.80. The largest absolute Gasteiger partial charge is 0.419 e. The molecule has 0 aliphatic heterocycles. The minimum atomic E-state index is -0.340. The summed E-state index contributed by atoms with van der Waals surface area (Å²) in [7, 11) is 1.67. The van der Waals surface area contributed by atoms with Crippen LogP contribution < -0.4 is 5.56 Å². The summed E-state index contributed by atoms with van der Waals surface area (Å²) in [5.41, 5.74) is 0.468. The maximum absolute atomic E-state index is 11.4. The van der Waals surface area contributed by atoms with Gasteiger partial charge in [0, 0.05) is 24.9 Å². The van der Waals surface area contributed by atoms with Gasteiger partial charge in [0.05, 0.1) is 0 Å². The van der Waals surface area contributed by atoms with Crippen LogP contribution in [0.2, 0.25) is 0 Å². The van der Waals surface area contributed by atoms with Crippen molar-refractivity contribution in [2.75, 3.05) is 0 Å². The third-order valence-electron chi connectivity index (χ3n) is 2.13. The molecule has 0 fully saturated rings. The Bertz CT molecular complexity index is 559. The molecule has 5 nitrogen and oxygen atoms in total. The first kappa shape index (κ1) is 10.9. The van der Waals surface area contributed by atoms with E-state index in [0.717, 1.165) is 0 Å². The van der Waals surface area contributed by atoms with Gasteiger partial charge in [0.1, 0.15) is 5.38 Å². The highest BCUT2D eigenvalue weighted by molar-refractivity contribution is 6.20. The van der Waals surface area contributed by atoms with Crippen LogP contribution >= 0.6 is 11.6 Å². The summed E-state index contributed by atoms with van der Waals surface area (Å²) in [6.45, 7) is 1.74. The Kier molecular flexibility index (Phi) is 2.78. The number of hydrogen-bond acceptors (Lipinski definition) is 4. The van der Waals surface area contributed by atoms with E-state index in [4.69, 9.17) is 16.0 Å². The second kappa shape index (κ2) is 4.09. The topological polar surface area (TPSA) is 60.9 Å². The van der Waals surface area contributed by atoms with E-state index < -0.39 is 0 Å². The fourth-order valence-corrected chi connectivity index (χ4v) is 1.28. The van der Waals surface area contributed by atoms with Gasteiger partial charge in [-0.3, -0.25) is 4.79 Å². The molecule has 2 rings (SSSR count). The first-order valence-corrected chi connectivity index (χ1v) is 5.16. The molecule has 84 valence electrons. The van der Waals surface area contributed by atoms with Crippen molar-refractivity contribution in [2.24, 2.45) is 7.05 Å². The molecule has 0 aliphatic carbocycles. The van der Waals surface area contributed by atoms with Crippen molar-refractivity contribution in [3.8, 4) is 11.5 Å². The van der Waals surface area contributed by atoms with E-state index in [2.05, 4.69) is 10.2 Å². The Morgan fingerprint density at radius 2 is 2.25 bits per heavy atom. The molecule has 1 atom stereocenters. The zero-order valence-corrected chi connectivity index (χ0v) is 9.60. The predicted octanol–water partition coefficient (Wildman–Crippen LogP) is 1.74. The van der Waals surface area contributed by atoms with Crippen molar-refractivity contribution in [1.82, 2.24) is 14.8 Å². The Balaban J connectivity index is 2.43. The lowest BCUT2D eigenvalue weighted by Crippen LogP contribution is -2.14. The van der Waals surface area contributed by atoms with Crippen LogP contribution in [0.25, 0.3) is 11.5 Å². The lowest BCUT2D eigenvalue weighted by molar-refractivity contribution is 0.507. The number of aromatic nitrogens is 3. The van der Waals surface area contributed by atoms with Crippen LogP contribution in [0.3, 0.4) is 0 Å². The van der Waals surface area contributed by atoms with E-state index in [1.807, 2.05) is 0 Å². The molecule has 1 unspecified atom stereocenters. The monoisotopic (exact) mass is 239 g/mol. The van der Waals surface area contributed by atoms with Gasteiger partial charge in [0.2, 0.25) is 11.8 Å². The molecule has 0 aromatic carbocycles. The van der Waals surface area contributed by atoms with Crippen LogP contribution in [-0.4, -0.2) is 14.8 Å². The van der Waals surface area contributed by atoms with Crippen molar-refractivity contribution < 1.29 is 4.42 Å². The molecular weight excluding hydrogens is 230 g/mol. The summed E-state index contributed by atoms with van der Waals surface area (Å²) in [6, 6.07) is 3.17. The predicted molar refractivity (Wildman–Crippen MR) is 59.2 cm³/mol. The number of aryl methyl sites for hydroxylation is 1. The molecule has 2 heterocycles. The molecule has 0 spiro atoms. The second-order valence-corrected chi connectivity index (χ2v) is 4.08. The Morgan fingerprint density at radius 3 is 2.81 bits per heavy atom. The molecule has 0 bridgehead atoms. The number of hydrogen-bond donors (Lipinski definition) is 0. The van der Waals surface area contributed by atoms with Crippen molar-refractivity contribution in [1.29, 1.82) is 0 Å². The summed E-state index contributed by atoms with van der Waals surface area (Å²) < 4.78 is 6.79. The zero-order valence-electron chi connectivity index (χ0n) is 8.85. The smallest absolute Gasteiger partial charge is 0.251 e. The third-order valence-corrected chi connectivity index (χ3v) is 2.32. The molecule has 0 N–H and O–H groups in total. The van der Waals surface area contributed by atoms with E-state index >= 15 is 0 Å². The minimum Gasteiger partial charge on any atom is -0.419 e. The van der Waals surface area contributed by atoms with Gasteiger partial charge in [-0.15, -0.1) is 21.8 Å². The molecule has 6 heteroatoms. The highest BCUT2D eigenvalue weighted by atomic mass is 35.5. The van der Waals surface area contributed by atoms with Gasteiger partial charge in [-0.2, -0.15) is 0 Å². The van der Waals surface area contributed by atoms with Crippen LogP contribution in [0.15, 0.2) is 27.5 Å². The van der Waals surface area contributed by atoms with Gasteiger partial charge in [-0.05, 0) is 13.0 Å². The minimum absolute atomic E-state index is 0.129. The lowest BCUT2D eigenvalue weighted by Gasteiger charge is -1.97. The highest BCUT2D eigenvalue weighted by Gasteiger charge is 2.12. The van der Waals surface area contributed by atoms with Crippen LogP contribution in [0.5, 0.6) is 0 Å². The molecule has 2 aromatic rings. The van der Waals surface area contributed by atoms with Crippen LogP contribution in [-0.2, 0) is 7.05 Å². The van der Waals surface area contributed by atoms with Gasteiger partial charge in [-0.25, -0.2) is 0 Å². The van der Waals surface area contributed by atoms with Crippen molar-refractivity contribution in [3.63, 3.8) is 0 Å². The normalized spacial score (nSPS) is 12.7. The summed E-state index contributed by atoms with van der Waals surface area (Å²) in [5, 5.41) is 7.28. The first-order valence-electron chi connectivity index (χ1n) is 4.72. The molecule has 0 radical (unpaired) electrons. The Hall–Kier alpha value is -1.62. The van der Waals surface area contributed by atoms with Gasteiger partial charge in [0.25, 0.3) is 5.56 Å². The van der Waals surface area contributed by atoms with E-state index in [1.165, 1.54) is 10.6 Å². The van der Waals surface area contributed by atoms with E-state index in [9.17, 15) is 4.79 Å². The fraction of sp³-hybridized carbons (Fsp3) is 0.300. The highest BCUT2D eigenvalue weighted by Crippen LogP contribution is 2.22. The second-order valence-electron chi connectivity index (χ2n) is 3.43. The van der Waals surface area contributed by atoms with Crippen LogP contribution in [0, 0.1) is 0 Å². The van der Waals surface area contributed by atoms with E-state index in [1.54, 1.807) is 26.2 Å². The quantitative estimate of drug-likeness (QED) is 0.749. The molecular formula is C10H10ClN3O2. The van der Waals surface area contributed by atoms with E-state index in [0.29, 0.717) is 17.3 Å². The van der Waals surface area contributed by atoms with Crippen molar-refractivity contribution in [3.05, 3.63) is 34.6 Å². The summed E-state index contributed by atoms with van der Waals surface area (Å²) in [6.07, 6.45) is 1.64. The molecule has 0 saturated heterocycles. The van der Waals surface area contributed by atoms with Gasteiger partial charge in [-0.1, -0.05) is 0 Å². The molecule has 2 aromatic heterocycles. The number of rotatable bonds is 2. The standard InChI is InChI=1S/C10H10ClN3O2/c1-6(11)9-12-13-10(16-9)7-3-4-14(2)8(15)5-7/h3-6H,1-2H3. The number of nitrogens with zero attached hydrogens (tertiary/aromatic N) is 3. The fourth-order valence-electron chi connectivity index (χ4n) is 1.19. The summed E-state index contributed by atoms with van der Waals surface area (Å²) in [5.74, 6) is 0.651. The lowest BCUT2D eigenvalue weighted by atomic mass is 10.3. The van der Waals surface area contributed by atoms with Gasteiger partial charge >= 0.3 is 0 Å². The van der Waals surface area contributed by atoms with Crippen molar-refractivity contribution >= 4 is 11.6 Å². The Morgan fingerprint density at radius 1 is 1.50 bits per heavy atom. The number of pyridine rings is 1. The van der Waals surface area contributed by atoms with Crippen LogP contribution in [0.1, 0.15) is 18.2 Å². The summed E-state index contributed by atoms with van der Waals surface area (Å²) in [4.78, 5) is 11.4.